The Morgan fingerprint density at radius 3 is 1.87 bits per heavy atom. The predicted molar refractivity (Wildman–Crippen MR) is 155 cm³/mol. The minimum Gasteiger partial charge on any atom is -0.508 e. The number of hydrogen-bond acceptors (Lipinski definition) is 3. The number of phenolic OH excluding ortho intramolecular Hbond substituents is 1. The molecule has 0 amide bonds. The molecular formula is C35H34O3. The lowest BCUT2D eigenvalue weighted by molar-refractivity contribution is 0.209. The maximum absolute atomic E-state index is 10.7. The van der Waals surface area contributed by atoms with Gasteiger partial charge in [0.1, 0.15) is 24.2 Å². The molecule has 0 aliphatic rings. The molecule has 5 aromatic carbocycles. The molecule has 0 aromatic heterocycles. The van der Waals surface area contributed by atoms with E-state index in [1.165, 1.54) is 16.7 Å². The van der Waals surface area contributed by atoms with E-state index in [9.17, 15) is 10.2 Å². The van der Waals surface area contributed by atoms with Crippen LogP contribution in [0.1, 0.15) is 45.0 Å². The smallest absolute Gasteiger partial charge is 0.125 e. The molecule has 5 aromatic rings. The van der Waals surface area contributed by atoms with Gasteiger partial charge in [-0.25, -0.2) is 0 Å². The van der Waals surface area contributed by atoms with Crippen LogP contribution in [0.3, 0.4) is 0 Å². The normalized spacial score (nSPS) is 11.2. The predicted octanol–water partition coefficient (Wildman–Crippen LogP) is 7.95. The highest BCUT2D eigenvalue weighted by Crippen LogP contribution is 2.30. The number of aliphatic hydroxyl groups is 1. The van der Waals surface area contributed by atoms with Crippen molar-refractivity contribution in [3.8, 4) is 11.5 Å². The van der Waals surface area contributed by atoms with Gasteiger partial charge in [0.15, 0.2) is 0 Å². The van der Waals surface area contributed by atoms with Crippen molar-refractivity contribution >= 4 is 0 Å². The lowest BCUT2D eigenvalue weighted by Crippen LogP contribution is -2.04. The number of phenols is 1. The van der Waals surface area contributed by atoms with Crippen LogP contribution in [-0.4, -0.2) is 10.2 Å². The quantitative estimate of drug-likeness (QED) is 0.237. The van der Waals surface area contributed by atoms with Crippen molar-refractivity contribution in [3.05, 3.63) is 166 Å². The fourth-order valence-corrected chi connectivity index (χ4v) is 4.09. The summed E-state index contributed by atoms with van der Waals surface area (Å²) in [6, 6.07) is 41.4. The fourth-order valence-electron chi connectivity index (χ4n) is 4.09. The number of benzene rings is 5. The molecule has 0 fully saturated rings. The standard InChI is InChI=1S/C21H20O2.C14H14O/c1-16-11-13-18(14-12-16)21(22)19-9-5-6-10-20(19)23-15-17-7-3-2-4-8-17;1-11-6-8-12(9-7-11)10-13-4-2-3-5-14(13)15/h2-14,21-22H,15H2,1H3;2-9,15H,10H2,1H3. The number of aryl methyl sites for hydroxylation is 2. The Bertz CT molecular complexity index is 1410. The van der Waals surface area contributed by atoms with Crippen molar-refractivity contribution < 1.29 is 14.9 Å². The van der Waals surface area contributed by atoms with Crippen LogP contribution in [0.2, 0.25) is 0 Å². The Kier molecular flexibility index (Phi) is 9.33. The van der Waals surface area contributed by atoms with Gasteiger partial charge in [-0.3, -0.25) is 0 Å². The zero-order valence-corrected chi connectivity index (χ0v) is 21.9. The van der Waals surface area contributed by atoms with Gasteiger partial charge >= 0.3 is 0 Å². The topological polar surface area (TPSA) is 49.7 Å². The van der Waals surface area contributed by atoms with Gasteiger partial charge in [-0.05, 0) is 48.2 Å². The molecular weight excluding hydrogens is 468 g/mol. The van der Waals surface area contributed by atoms with Crippen molar-refractivity contribution in [2.24, 2.45) is 0 Å². The van der Waals surface area contributed by atoms with Crippen molar-refractivity contribution in [1.82, 2.24) is 0 Å². The van der Waals surface area contributed by atoms with Crippen LogP contribution in [-0.2, 0) is 13.0 Å². The van der Waals surface area contributed by atoms with E-state index in [0.717, 1.165) is 28.7 Å². The minimum atomic E-state index is -0.692. The molecule has 0 heterocycles. The first-order valence-corrected chi connectivity index (χ1v) is 12.8. The summed E-state index contributed by atoms with van der Waals surface area (Å²) in [5.41, 5.74) is 7.39. The molecule has 1 atom stereocenters. The summed E-state index contributed by atoms with van der Waals surface area (Å²) in [5, 5.41) is 20.3. The highest BCUT2D eigenvalue weighted by molar-refractivity contribution is 5.41. The zero-order chi connectivity index (χ0) is 26.7. The van der Waals surface area contributed by atoms with Crippen LogP contribution in [0, 0.1) is 13.8 Å². The van der Waals surface area contributed by atoms with Gasteiger partial charge in [-0.2, -0.15) is 0 Å². The number of para-hydroxylation sites is 2. The molecule has 5 rings (SSSR count). The monoisotopic (exact) mass is 502 g/mol. The Hall–Kier alpha value is -4.34. The number of ether oxygens (including phenoxy) is 1. The highest BCUT2D eigenvalue weighted by Gasteiger charge is 2.15. The first kappa shape index (κ1) is 26.7. The van der Waals surface area contributed by atoms with Gasteiger partial charge in [-0.1, -0.05) is 126 Å². The second-order valence-electron chi connectivity index (χ2n) is 9.42. The zero-order valence-electron chi connectivity index (χ0n) is 21.9. The molecule has 1 unspecified atom stereocenters. The molecule has 0 bridgehead atoms. The van der Waals surface area contributed by atoms with Gasteiger partial charge in [0, 0.05) is 12.0 Å². The average molecular weight is 503 g/mol. The third-order valence-electron chi connectivity index (χ3n) is 6.35. The van der Waals surface area contributed by atoms with Crippen molar-refractivity contribution in [1.29, 1.82) is 0 Å². The third kappa shape index (κ3) is 7.58. The summed E-state index contributed by atoms with van der Waals surface area (Å²) >= 11 is 0. The van der Waals surface area contributed by atoms with Crippen molar-refractivity contribution in [2.45, 2.75) is 33.0 Å². The van der Waals surface area contributed by atoms with E-state index in [0.29, 0.717) is 18.1 Å². The van der Waals surface area contributed by atoms with E-state index in [1.807, 2.05) is 104 Å². The second kappa shape index (κ2) is 13.3. The number of aromatic hydroxyl groups is 1. The van der Waals surface area contributed by atoms with Crippen LogP contribution in [0.5, 0.6) is 11.5 Å². The summed E-state index contributed by atoms with van der Waals surface area (Å²) in [6.45, 7) is 4.59. The molecule has 2 N–H and O–H groups in total. The van der Waals surface area contributed by atoms with E-state index in [4.69, 9.17) is 4.74 Å². The Balaban J connectivity index is 0.000000194. The molecule has 0 aliphatic heterocycles. The summed E-state index contributed by atoms with van der Waals surface area (Å²) in [7, 11) is 0. The average Bonchev–Trinajstić information content (AvgIpc) is 2.95. The van der Waals surface area contributed by atoms with Crippen LogP contribution in [0.4, 0.5) is 0 Å². The molecule has 38 heavy (non-hydrogen) atoms. The molecule has 192 valence electrons. The first-order valence-electron chi connectivity index (χ1n) is 12.8. The number of aliphatic hydroxyl groups excluding tert-OH is 1. The number of hydrogen-bond donors (Lipinski definition) is 2. The van der Waals surface area contributed by atoms with Crippen LogP contribution in [0.25, 0.3) is 0 Å². The molecule has 0 saturated carbocycles. The van der Waals surface area contributed by atoms with Crippen LogP contribution < -0.4 is 4.74 Å². The Labute approximate surface area is 225 Å². The Morgan fingerprint density at radius 1 is 0.605 bits per heavy atom. The van der Waals surface area contributed by atoms with Crippen molar-refractivity contribution in [3.63, 3.8) is 0 Å². The SMILES string of the molecule is Cc1ccc(C(O)c2ccccc2OCc2ccccc2)cc1.Cc1ccc(Cc2ccccc2O)cc1. The van der Waals surface area contributed by atoms with Gasteiger partial charge in [0.05, 0.1) is 0 Å². The first-order chi connectivity index (χ1) is 18.5. The maximum Gasteiger partial charge on any atom is 0.125 e. The highest BCUT2D eigenvalue weighted by atomic mass is 16.5. The molecule has 0 spiro atoms. The van der Waals surface area contributed by atoms with Gasteiger partial charge < -0.3 is 14.9 Å². The van der Waals surface area contributed by atoms with E-state index in [-0.39, 0.29) is 0 Å². The van der Waals surface area contributed by atoms with Crippen molar-refractivity contribution in [2.75, 3.05) is 0 Å². The molecule has 0 aliphatic carbocycles. The molecule has 0 radical (unpaired) electrons. The van der Waals surface area contributed by atoms with Gasteiger partial charge in [-0.15, -0.1) is 0 Å². The van der Waals surface area contributed by atoms with E-state index >= 15 is 0 Å². The number of rotatable bonds is 7. The molecule has 0 saturated heterocycles. The summed E-state index contributed by atoms with van der Waals surface area (Å²) < 4.78 is 5.93. The summed E-state index contributed by atoms with van der Waals surface area (Å²) in [6.07, 6.45) is 0.0926. The van der Waals surface area contributed by atoms with E-state index in [2.05, 4.69) is 31.2 Å². The molecule has 3 nitrogen and oxygen atoms in total. The summed E-state index contributed by atoms with van der Waals surface area (Å²) in [5.74, 6) is 1.09. The van der Waals surface area contributed by atoms with Gasteiger partial charge in [0.2, 0.25) is 0 Å². The van der Waals surface area contributed by atoms with Crippen LogP contribution >= 0.6 is 0 Å². The third-order valence-corrected chi connectivity index (χ3v) is 6.35. The fraction of sp³-hybridized carbons (Fsp3) is 0.143. The largest absolute Gasteiger partial charge is 0.508 e. The maximum atomic E-state index is 10.7. The second-order valence-corrected chi connectivity index (χ2v) is 9.42. The lowest BCUT2D eigenvalue weighted by atomic mass is 10.00. The lowest BCUT2D eigenvalue weighted by Gasteiger charge is -2.17. The van der Waals surface area contributed by atoms with E-state index < -0.39 is 6.10 Å². The minimum absolute atomic E-state index is 0.373. The van der Waals surface area contributed by atoms with Gasteiger partial charge in [0.25, 0.3) is 0 Å². The van der Waals surface area contributed by atoms with Crippen LogP contribution in [0.15, 0.2) is 127 Å². The Morgan fingerprint density at radius 2 is 1.18 bits per heavy atom. The summed E-state index contributed by atoms with van der Waals surface area (Å²) in [4.78, 5) is 0. The molecule has 3 heteroatoms. The van der Waals surface area contributed by atoms with E-state index in [1.54, 1.807) is 6.07 Å².